The molecule has 6 rings (SSSR count). The SMILES string of the molecule is O=C(N1CCCCC1)N1c2ccccc2CCC1CN1CCN(c2cccc3[nH]ccc23)CC1. The summed E-state index contributed by atoms with van der Waals surface area (Å²) < 4.78 is 0. The number of aryl methyl sites for hydroxylation is 1. The predicted octanol–water partition coefficient (Wildman–Crippen LogP) is 4.72. The minimum absolute atomic E-state index is 0.217. The van der Waals surface area contributed by atoms with Crippen molar-refractivity contribution < 1.29 is 4.79 Å². The molecule has 1 N–H and O–H groups in total. The zero-order valence-electron chi connectivity index (χ0n) is 20.0. The maximum atomic E-state index is 13.7. The minimum Gasteiger partial charge on any atom is -0.368 e. The number of carbonyl (C=O) groups excluding carboxylic acids is 1. The fraction of sp³-hybridized carbons (Fsp3) is 0.464. The number of likely N-dealkylation sites (tertiary alicyclic amines) is 1. The van der Waals surface area contributed by atoms with Crippen LogP contribution in [0.2, 0.25) is 0 Å². The van der Waals surface area contributed by atoms with Crippen molar-refractivity contribution in [2.24, 2.45) is 0 Å². The molecular formula is C28H35N5O. The van der Waals surface area contributed by atoms with Crippen molar-refractivity contribution in [1.29, 1.82) is 0 Å². The second-order valence-corrected chi connectivity index (χ2v) is 10.0. The number of anilines is 2. The molecule has 34 heavy (non-hydrogen) atoms. The summed E-state index contributed by atoms with van der Waals surface area (Å²) in [7, 11) is 0. The van der Waals surface area contributed by atoms with Crippen LogP contribution in [0.15, 0.2) is 54.7 Å². The molecule has 3 aliphatic heterocycles. The van der Waals surface area contributed by atoms with E-state index in [0.717, 1.165) is 77.2 Å². The van der Waals surface area contributed by atoms with Gasteiger partial charge in [0.25, 0.3) is 0 Å². The van der Waals surface area contributed by atoms with Crippen LogP contribution in [-0.2, 0) is 6.42 Å². The lowest BCUT2D eigenvalue weighted by Gasteiger charge is -2.44. The third-order valence-corrected chi connectivity index (χ3v) is 7.95. The second-order valence-electron chi connectivity index (χ2n) is 10.0. The lowest BCUT2D eigenvalue weighted by Crippen LogP contribution is -2.57. The van der Waals surface area contributed by atoms with Gasteiger partial charge >= 0.3 is 6.03 Å². The van der Waals surface area contributed by atoms with Crippen molar-refractivity contribution in [2.75, 3.05) is 55.6 Å². The predicted molar refractivity (Wildman–Crippen MR) is 139 cm³/mol. The molecule has 0 saturated carbocycles. The topological polar surface area (TPSA) is 45.8 Å². The third-order valence-electron chi connectivity index (χ3n) is 7.95. The van der Waals surface area contributed by atoms with E-state index in [0.29, 0.717) is 0 Å². The number of amides is 2. The van der Waals surface area contributed by atoms with Gasteiger partial charge in [-0.3, -0.25) is 9.80 Å². The highest BCUT2D eigenvalue weighted by molar-refractivity contribution is 5.94. The number of rotatable bonds is 3. The highest BCUT2D eigenvalue weighted by Crippen LogP contribution is 2.33. The van der Waals surface area contributed by atoms with E-state index in [1.807, 2.05) is 6.20 Å². The van der Waals surface area contributed by atoms with Crippen LogP contribution < -0.4 is 9.80 Å². The second kappa shape index (κ2) is 9.34. The molecule has 6 nitrogen and oxygen atoms in total. The number of para-hydroxylation sites is 1. The van der Waals surface area contributed by atoms with Gasteiger partial charge in [0, 0.05) is 74.3 Å². The number of aromatic nitrogens is 1. The van der Waals surface area contributed by atoms with Crippen LogP contribution in [-0.4, -0.2) is 72.7 Å². The molecule has 0 bridgehead atoms. The zero-order valence-corrected chi connectivity index (χ0v) is 20.0. The van der Waals surface area contributed by atoms with Gasteiger partial charge in [0.05, 0.1) is 6.04 Å². The van der Waals surface area contributed by atoms with Gasteiger partial charge in [0.15, 0.2) is 0 Å². The van der Waals surface area contributed by atoms with E-state index in [9.17, 15) is 4.79 Å². The number of piperazine rings is 1. The molecule has 2 aromatic carbocycles. The maximum Gasteiger partial charge on any atom is 0.324 e. The van der Waals surface area contributed by atoms with E-state index in [2.05, 4.69) is 73.1 Å². The minimum atomic E-state index is 0.217. The van der Waals surface area contributed by atoms with Crippen molar-refractivity contribution in [1.82, 2.24) is 14.8 Å². The summed E-state index contributed by atoms with van der Waals surface area (Å²) in [5, 5.41) is 1.30. The Kier molecular flexibility index (Phi) is 5.91. The molecule has 178 valence electrons. The van der Waals surface area contributed by atoms with E-state index in [1.54, 1.807) is 0 Å². The Balaban J connectivity index is 1.17. The first-order valence-electron chi connectivity index (χ1n) is 13.0. The molecule has 4 heterocycles. The molecule has 0 aliphatic carbocycles. The molecule has 1 unspecified atom stereocenters. The summed E-state index contributed by atoms with van der Waals surface area (Å²) in [5.74, 6) is 0. The highest BCUT2D eigenvalue weighted by atomic mass is 16.2. The number of nitrogens with zero attached hydrogens (tertiary/aromatic N) is 4. The summed E-state index contributed by atoms with van der Waals surface area (Å²) in [6.45, 7) is 6.86. The van der Waals surface area contributed by atoms with E-state index < -0.39 is 0 Å². The largest absolute Gasteiger partial charge is 0.368 e. The van der Waals surface area contributed by atoms with Crippen molar-refractivity contribution in [3.05, 3.63) is 60.3 Å². The summed E-state index contributed by atoms with van der Waals surface area (Å²) in [6.07, 6.45) is 7.62. The first-order valence-corrected chi connectivity index (χ1v) is 13.0. The fourth-order valence-electron chi connectivity index (χ4n) is 6.09. The van der Waals surface area contributed by atoms with Gasteiger partial charge in [-0.1, -0.05) is 24.3 Å². The normalized spacial score (nSPS) is 21.6. The van der Waals surface area contributed by atoms with Crippen molar-refractivity contribution >= 4 is 28.3 Å². The monoisotopic (exact) mass is 457 g/mol. The van der Waals surface area contributed by atoms with Gasteiger partial charge in [-0.2, -0.15) is 0 Å². The molecule has 3 aliphatic rings. The van der Waals surface area contributed by atoms with Crippen LogP contribution in [0.1, 0.15) is 31.2 Å². The van der Waals surface area contributed by atoms with E-state index in [1.165, 1.54) is 28.6 Å². The molecule has 6 heteroatoms. The Hall–Kier alpha value is -2.99. The fourth-order valence-corrected chi connectivity index (χ4v) is 6.09. The molecule has 0 spiro atoms. The van der Waals surface area contributed by atoms with Crippen molar-refractivity contribution in [3.8, 4) is 0 Å². The molecular weight excluding hydrogens is 422 g/mol. The van der Waals surface area contributed by atoms with Crippen LogP contribution in [0.5, 0.6) is 0 Å². The van der Waals surface area contributed by atoms with Gasteiger partial charge < -0.3 is 14.8 Å². The number of piperidine rings is 1. The summed E-state index contributed by atoms with van der Waals surface area (Å²) in [4.78, 5) is 26.4. The Morgan fingerprint density at radius 2 is 1.65 bits per heavy atom. The molecule has 2 amide bonds. The molecule has 2 fully saturated rings. The summed E-state index contributed by atoms with van der Waals surface area (Å²) >= 11 is 0. The Labute approximate surface area is 202 Å². The van der Waals surface area contributed by atoms with Crippen LogP contribution >= 0.6 is 0 Å². The first kappa shape index (κ1) is 21.5. The lowest BCUT2D eigenvalue weighted by molar-refractivity contribution is 0.182. The average molecular weight is 458 g/mol. The van der Waals surface area contributed by atoms with Gasteiger partial charge in [0.1, 0.15) is 0 Å². The molecule has 1 aromatic heterocycles. The lowest BCUT2D eigenvalue weighted by atomic mass is 9.95. The summed E-state index contributed by atoms with van der Waals surface area (Å²) in [6, 6.07) is 17.7. The molecule has 3 aromatic rings. The van der Waals surface area contributed by atoms with E-state index in [-0.39, 0.29) is 12.1 Å². The van der Waals surface area contributed by atoms with Gasteiger partial charge in [-0.05, 0) is 61.9 Å². The number of urea groups is 1. The van der Waals surface area contributed by atoms with Gasteiger partial charge in [-0.25, -0.2) is 4.79 Å². The van der Waals surface area contributed by atoms with E-state index in [4.69, 9.17) is 0 Å². The van der Waals surface area contributed by atoms with Crippen LogP contribution in [0.3, 0.4) is 0 Å². The highest BCUT2D eigenvalue weighted by Gasteiger charge is 2.35. The number of hydrogen-bond acceptors (Lipinski definition) is 3. The smallest absolute Gasteiger partial charge is 0.324 e. The number of carbonyl (C=O) groups is 1. The van der Waals surface area contributed by atoms with Gasteiger partial charge in [-0.15, -0.1) is 0 Å². The third kappa shape index (κ3) is 4.05. The number of benzene rings is 2. The molecule has 1 atom stereocenters. The van der Waals surface area contributed by atoms with E-state index >= 15 is 0 Å². The van der Waals surface area contributed by atoms with Crippen LogP contribution in [0, 0.1) is 0 Å². The van der Waals surface area contributed by atoms with Gasteiger partial charge in [0.2, 0.25) is 0 Å². The number of aromatic amines is 1. The quantitative estimate of drug-likeness (QED) is 0.619. The van der Waals surface area contributed by atoms with Crippen molar-refractivity contribution in [3.63, 3.8) is 0 Å². The zero-order chi connectivity index (χ0) is 22.9. The standard InChI is InChI=1S/C28H35N5O/c34-28(32-15-4-1-5-16-32)33-23(12-11-22-7-2-3-9-26(22)33)21-30-17-19-31(20-18-30)27-10-6-8-25-24(27)13-14-29-25/h2-3,6-10,13-14,23,29H,1,4-5,11-12,15-21H2. The average Bonchev–Trinajstić information content (AvgIpc) is 3.38. The maximum absolute atomic E-state index is 13.7. The van der Waals surface area contributed by atoms with Crippen LogP contribution in [0.25, 0.3) is 10.9 Å². The molecule has 0 radical (unpaired) electrons. The summed E-state index contributed by atoms with van der Waals surface area (Å²) in [5.41, 5.74) is 4.97. The first-order chi connectivity index (χ1) is 16.8. The number of H-pyrrole nitrogens is 1. The Morgan fingerprint density at radius 1 is 0.853 bits per heavy atom. The number of hydrogen-bond donors (Lipinski definition) is 1. The number of fused-ring (bicyclic) bond motifs is 2. The Morgan fingerprint density at radius 3 is 2.50 bits per heavy atom. The molecule has 2 saturated heterocycles. The van der Waals surface area contributed by atoms with Crippen LogP contribution in [0.4, 0.5) is 16.2 Å². The Bertz CT molecular complexity index is 1140. The van der Waals surface area contributed by atoms with Crippen molar-refractivity contribution in [2.45, 2.75) is 38.1 Å². The number of nitrogens with one attached hydrogen (secondary N) is 1.